The molecular weight excluding hydrogens is 201 g/mol. The number of hydrogen-bond donors (Lipinski definition) is 2. The molecule has 0 amide bonds. The first kappa shape index (κ1) is 11.5. The van der Waals surface area contributed by atoms with E-state index in [-0.39, 0.29) is 12.4 Å². The van der Waals surface area contributed by atoms with E-state index >= 15 is 0 Å². The molecule has 0 saturated carbocycles. The molecule has 0 radical (unpaired) electrons. The first-order valence-electron chi connectivity index (χ1n) is 4.47. The Bertz CT molecular complexity index is 306. The Kier molecular flexibility index (Phi) is 4.38. The Morgan fingerprint density at radius 1 is 1.57 bits per heavy atom. The predicted octanol–water partition coefficient (Wildman–Crippen LogP) is 1.93. The summed E-state index contributed by atoms with van der Waals surface area (Å²) in [5, 5.41) is 8.79. The first-order chi connectivity index (χ1) is 6.69. The van der Waals surface area contributed by atoms with Crippen molar-refractivity contribution in [2.24, 2.45) is 5.73 Å². The zero-order chi connectivity index (χ0) is 10.6. The maximum Gasteiger partial charge on any atom is 0.129 e. The largest absolute Gasteiger partial charge is 0.394 e. The van der Waals surface area contributed by atoms with Crippen LogP contribution in [-0.2, 0) is 0 Å². The van der Waals surface area contributed by atoms with Gasteiger partial charge in [-0.05, 0) is 17.9 Å². The molecular formula is C10H14FNOS. The average Bonchev–Trinajstić information content (AvgIpc) is 2.17. The van der Waals surface area contributed by atoms with E-state index in [0.29, 0.717) is 5.56 Å². The molecule has 0 aromatic heterocycles. The number of thioether (sulfide) groups is 1. The minimum atomic E-state index is -0.629. The van der Waals surface area contributed by atoms with Gasteiger partial charge in [0.05, 0.1) is 12.6 Å². The summed E-state index contributed by atoms with van der Waals surface area (Å²) in [5.74, 6) is 0.565. The first-order valence-corrected chi connectivity index (χ1v) is 5.46. The third kappa shape index (κ3) is 2.70. The number of halogens is 1. The number of hydrogen-bond acceptors (Lipinski definition) is 3. The number of aliphatic hydroxyl groups is 1. The van der Waals surface area contributed by atoms with Crippen LogP contribution in [0.5, 0.6) is 0 Å². The van der Waals surface area contributed by atoms with Crippen LogP contribution in [0.2, 0.25) is 0 Å². The van der Waals surface area contributed by atoms with Gasteiger partial charge >= 0.3 is 0 Å². The molecule has 14 heavy (non-hydrogen) atoms. The molecule has 0 aliphatic rings. The van der Waals surface area contributed by atoms with Gasteiger partial charge in [-0.3, -0.25) is 0 Å². The number of aliphatic hydroxyl groups excluding tert-OH is 1. The third-order valence-corrected chi connectivity index (χ3v) is 2.76. The van der Waals surface area contributed by atoms with Gasteiger partial charge in [-0.2, -0.15) is 0 Å². The van der Waals surface area contributed by atoms with E-state index in [1.165, 1.54) is 6.07 Å². The van der Waals surface area contributed by atoms with Crippen molar-refractivity contribution < 1.29 is 9.50 Å². The summed E-state index contributed by atoms with van der Waals surface area (Å²) in [6.45, 7) is 1.77. The van der Waals surface area contributed by atoms with Crippen LogP contribution >= 0.6 is 11.8 Å². The fourth-order valence-corrected chi connectivity index (χ4v) is 1.85. The maximum atomic E-state index is 13.4. The molecule has 1 rings (SSSR count). The summed E-state index contributed by atoms with van der Waals surface area (Å²) in [4.78, 5) is 0.888. The Labute approximate surface area is 87.3 Å². The normalized spacial score (nSPS) is 12.9. The molecule has 3 N–H and O–H groups in total. The topological polar surface area (TPSA) is 46.2 Å². The molecule has 0 saturated heterocycles. The molecule has 78 valence electrons. The van der Waals surface area contributed by atoms with Crippen molar-refractivity contribution in [2.45, 2.75) is 17.9 Å². The minimum absolute atomic E-state index is 0.239. The Hall–Kier alpha value is -0.580. The summed E-state index contributed by atoms with van der Waals surface area (Å²) in [6.07, 6.45) is 0. The molecule has 1 atom stereocenters. The molecule has 2 nitrogen and oxygen atoms in total. The van der Waals surface area contributed by atoms with Crippen LogP contribution in [0.15, 0.2) is 23.1 Å². The van der Waals surface area contributed by atoms with Gasteiger partial charge in [0, 0.05) is 10.5 Å². The minimum Gasteiger partial charge on any atom is -0.394 e. The summed E-state index contributed by atoms with van der Waals surface area (Å²) in [7, 11) is 0. The van der Waals surface area contributed by atoms with Gasteiger partial charge in [-0.1, -0.05) is 13.0 Å². The van der Waals surface area contributed by atoms with Crippen molar-refractivity contribution in [3.63, 3.8) is 0 Å². The SMILES string of the molecule is CCSc1ccc(C(N)CO)c(F)c1. The number of nitrogens with two attached hydrogens (primary N) is 1. The molecule has 4 heteroatoms. The van der Waals surface area contributed by atoms with Gasteiger partial charge in [-0.25, -0.2) is 4.39 Å². The second-order valence-corrected chi connectivity index (χ2v) is 4.24. The summed E-state index contributed by atoms with van der Waals surface area (Å²) in [5.41, 5.74) is 5.89. The fraction of sp³-hybridized carbons (Fsp3) is 0.400. The molecule has 0 aliphatic carbocycles. The monoisotopic (exact) mass is 215 g/mol. The van der Waals surface area contributed by atoms with E-state index in [2.05, 4.69) is 0 Å². The zero-order valence-corrected chi connectivity index (χ0v) is 8.85. The Morgan fingerprint density at radius 3 is 2.79 bits per heavy atom. The van der Waals surface area contributed by atoms with Crippen LogP contribution in [0.1, 0.15) is 18.5 Å². The van der Waals surface area contributed by atoms with E-state index in [1.54, 1.807) is 17.8 Å². The highest BCUT2D eigenvalue weighted by atomic mass is 32.2. The van der Waals surface area contributed by atoms with Crippen molar-refractivity contribution in [2.75, 3.05) is 12.4 Å². The van der Waals surface area contributed by atoms with Gasteiger partial charge in [0.1, 0.15) is 5.82 Å². The highest BCUT2D eigenvalue weighted by Gasteiger charge is 2.10. The second-order valence-electron chi connectivity index (χ2n) is 2.91. The Morgan fingerprint density at radius 2 is 2.29 bits per heavy atom. The fourth-order valence-electron chi connectivity index (χ4n) is 1.16. The summed E-state index contributed by atoms with van der Waals surface area (Å²) in [6, 6.07) is 4.28. The average molecular weight is 215 g/mol. The van der Waals surface area contributed by atoms with Gasteiger partial charge in [0.15, 0.2) is 0 Å². The zero-order valence-electron chi connectivity index (χ0n) is 8.03. The van der Waals surface area contributed by atoms with Crippen LogP contribution in [-0.4, -0.2) is 17.5 Å². The molecule has 1 aromatic carbocycles. The van der Waals surface area contributed by atoms with Gasteiger partial charge in [0.2, 0.25) is 0 Å². The standard InChI is InChI=1S/C10H14FNOS/c1-2-14-7-3-4-8(9(11)5-7)10(12)6-13/h3-5,10,13H,2,6,12H2,1H3. The van der Waals surface area contributed by atoms with E-state index < -0.39 is 6.04 Å². The van der Waals surface area contributed by atoms with Gasteiger partial charge in [0.25, 0.3) is 0 Å². The van der Waals surface area contributed by atoms with E-state index in [1.807, 2.05) is 13.0 Å². The lowest BCUT2D eigenvalue weighted by Crippen LogP contribution is -2.15. The van der Waals surface area contributed by atoms with Crippen LogP contribution < -0.4 is 5.73 Å². The Balaban J connectivity index is 2.89. The quantitative estimate of drug-likeness (QED) is 0.754. The molecule has 1 unspecified atom stereocenters. The maximum absolute atomic E-state index is 13.4. The predicted molar refractivity (Wildman–Crippen MR) is 56.8 cm³/mol. The van der Waals surface area contributed by atoms with Crippen LogP contribution in [0.4, 0.5) is 4.39 Å². The third-order valence-electron chi connectivity index (χ3n) is 1.88. The highest BCUT2D eigenvalue weighted by Crippen LogP contribution is 2.22. The van der Waals surface area contributed by atoms with Crippen molar-refractivity contribution in [3.05, 3.63) is 29.6 Å². The van der Waals surface area contributed by atoms with Crippen molar-refractivity contribution in [3.8, 4) is 0 Å². The lowest BCUT2D eigenvalue weighted by Gasteiger charge is -2.10. The van der Waals surface area contributed by atoms with Crippen molar-refractivity contribution in [1.29, 1.82) is 0 Å². The van der Waals surface area contributed by atoms with Crippen LogP contribution in [0.25, 0.3) is 0 Å². The van der Waals surface area contributed by atoms with E-state index in [0.717, 1.165) is 10.6 Å². The lowest BCUT2D eigenvalue weighted by atomic mass is 10.1. The van der Waals surface area contributed by atoms with Crippen molar-refractivity contribution >= 4 is 11.8 Å². The van der Waals surface area contributed by atoms with Gasteiger partial charge in [-0.15, -0.1) is 11.8 Å². The molecule has 0 bridgehead atoms. The number of rotatable bonds is 4. The number of benzene rings is 1. The lowest BCUT2D eigenvalue weighted by molar-refractivity contribution is 0.265. The molecule has 0 spiro atoms. The summed E-state index contributed by atoms with van der Waals surface area (Å²) < 4.78 is 13.4. The molecule has 0 heterocycles. The highest BCUT2D eigenvalue weighted by molar-refractivity contribution is 7.99. The van der Waals surface area contributed by atoms with E-state index in [4.69, 9.17) is 10.8 Å². The smallest absolute Gasteiger partial charge is 0.129 e. The van der Waals surface area contributed by atoms with Crippen LogP contribution in [0.3, 0.4) is 0 Å². The van der Waals surface area contributed by atoms with Crippen molar-refractivity contribution in [1.82, 2.24) is 0 Å². The van der Waals surface area contributed by atoms with Crippen LogP contribution in [0, 0.1) is 5.82 Å². The van der Waals surface area contributed by atoms with Gasteiger partial charge < -0.3 is 10.8 Å². The molecule has 0 fully saturated rings. The molecule has 1 aromatic rings. The molecule has 0 aliphatic heterocycles. The summed E-state index contributed by atoms with van der Waals surface area (Å²) >= 11 is 1.57. The second kappa shape index (κ2) is 5.34. The van der Waals surface area contributed by atoms with E-state index in [9.17, 15) is 4.39 Å².